The van der Waals surface area contributed by atoms with Crippen LogP contribution in [0.2, 0.25) is 0 Å². The maximum Gasteiger partial charge on any atom is 0.217 e. The van der Waals surface area contributed by atoms with Gasteiger partial charge in [0.25, 0.3) is 0 Å². The average molecular weight is 793 g/mol. The number of halogens is 2. The summed E-state index contributed by atoms with van der Waals surface area (Å²) in [4.78, 5) is 9.56. The molecule has 0 spiro atoms. The maximum atomic E-state index is 14.3. The van der Waals surface area contributed by atoms with Gasteiger partial charge in [0.05, 0.1) is 0 Å². The molecule has 0 bridgehead atoms. The second-order valence-electron chi connectivity index (χ2n) is 11.2. The molecule has 0 saturated heterocycles. The average Bonchev–Trinajstić information content (AvgIpc) is 3.40. The number of pyridine rings is 1. The normalized spacial score (nSPS) is 17.2. The number of phenolic OH excluding ortho intramolecular Hbond substituents is 1. The van der Waals surface area contributed by atoms with Crippen molar-refractivity contribution in [1.82, 2.24) is 4.98 Å². The van der Waals surface area contributed by atoms with Gasteiger partial charge in [-0.2, -0.15) is 0 Å². The number of aromatic nitrogens is 1. The minimum Gasteiger partial charge on any atom is -0.508 e. The molecule has 6 aromatic rings. The number of nitrogens with zero attached hydrogens (tertiary/aromatic N) is 2. The van der Waals surface area contributed by atoms with Gasteiger partial charge in [-0.05, 0) is 66.4 Å². The zero-order valence-corrected chi connectivity index (χ0v) is 27.0. The van der Waals surface area contributed by atoms with E-state index in [1.165, 1.54) is 12.1 Å². The smallest absolute Gasteiger partial charge is 0.217 e. The summed E-state index contributed by atoms with van der Waals surface area (Å²) < 4.78 is 41.5. The van der Waals surface area contributed by atoms with Crippen molar-refractivity contribution in [3.8, 4) is 28.5 Å². The SMILES string of the molecule is Cc1cc(O)c2nc(Oc3[c-]c(C4=N[C@@H](c5ccccc5)[C@@](C)(c5ccccc5)O4)cc(-c4cc(F)cc(F)c4)c3)ccc2c1.[Pt]. The van der Waals surface area contributed by atoms with Crippen LogP contribution in [0.25, 0.3) is 22.0 Å². The van der Waals surface area contributed by atoms with Crippen LogP contribution in [0.1, 0.15) is 35.2 Å². The van der Waals surface area contributed by atoms with E-state index in [0.717, 1.165) is 28.1 Å². The van der Waals surface area contributed by atoms with Gasteiger partial charge in [-0.1, -0.05) is 83.9 Å². The number of aliphatic imine (C=N–C) groups is 1. The van der Waals surface area contributed by atoms with Gasteiger partial charge in [0.15, 0.2) is 0 Å². The fraction of sp³-hybridized carbons (Fsp3) is 0.105. The Hall–Kier alpha value is -4.87. The van der Waals surface area contributed by atoms with Gasteiger partial charge in [-0.3, -0.25) is 4.99 Å². The van der Waals surface area contributed by atoms with Crippen LogP contribution in [0.3, 0.4) is 0 Å². The van der Waals surface area contributed by atoms with Crippen LogP contribution in [-0.2, 0) is 31.4 Å². The molecule has 232 valence electrons. The number of rotatable bonds is 6. The van der Waals surface area contributed by atoms with E-state index in [-0.39, 0.29) is 38.4 Å². The first-order valence-electron chi connectivity index (χ1n) is 14.4. The van der Waals surface area contributed by atoms with Gasteiger partial charge in [-0.15, -0.1) is 6.07 Å². The summed E-state index contributed by atoms with van der Waals surface area (Å²) in [6.07, 6.45) is 0. The summed E-state index contributed by atoms with van der Waals surface area (Å²) in [7, 11) is 0. The third-order valence-corrected chi connectivity index (χ3v) is 7.92. The third kappa shape index (κ3) is 6.03. The van der Waals surface area contributed by atoms with E-state index in [1.54, 1.807) is 30.3 Å². The van der Waals surface area contributed by atoms with Gasteiger partial charge < -0.3 is 14.6 Å². The zero-order chi connectivity index (χ0) is 31.1. The van der Waals surface area contributed by atoms with E-state index in [9.17, 15) is 13.9 Å². The molecule has 0 saturated carbocycles. The van der Waals surface area contributed by atoms with E-state index in [0.29, 0.717) is 28.1 Å². The predicted octanol–water partition coefficient (Wildman–Crippen LogP) is 9.22. The summed E-state index contributed by atoms with van der Waals surface area (Å²) in [5.74, 6) is -0.653. The molecule has 0 unspecified atom stereocenters. The van der Waals surface area contributed by atoms with Gasteiger partial charge in [0.1, 0.15) is 40.4 Å². The minimum atomic E-state index is -0.858. The summed E-state index contributed by atoms with van der Waals surface area (Å²) in [5.41, 5.74) is 3.53. The maximum absolute atomic E-state index is 14.3. The summed E-state index contributed by atoms with van der Waals surface area (Å²) in [6.45, 7) is 3.88. The molecule has 0 aliphatic carbocycles. The number of aryl methyl sites for hydroxylation is 1. The zero-order valence-electron chi connectivity index (χ0n) is 24.8. The van der Waals surface area contributed by atoms with E-state index in [2.05, 4.69) is 11.1 Å². The Bertz CT molecular complexity index is 2070. The summed E-state index contributed by atoms with van der Waals surface area (Å²) in [6, 6.07) is 36.3. The Kier molecular flexibility index (Phi) is 8.45. The monoisotopic (exact) mass is 792 g/mol. The fourth-order valence-electron chi connectivity index (χ4n) is 5.78. The van der Waals surface area contributed by atoms with Gasteiger partial charge in [-0.25, -0.2) is 13.8 Å². The van der Waals surface area contributed by atoms with Crippen molar-refractivity contribution < 1.29 is 44.4 Å². The quantitative estimate of drug-likeness (QED) is 0.171. The number of ether oxygens (including phenoxy) is 2. The first-order chi connectivity index (χ1) is 21.7. The van der Waals surface area contributed by atoms with Crippen molar-refractivity contribution in [2.75, 3.05) is 0 Å². The van der Waals surface area contributed by atoms with E-state index < -0.39 is 23.3 Å². The van der Waals surface area contributed by atoms with Gasteiger partial charge in [0, 0.05) is 44.3 Å². The number of hydrogen-bond acceptors (Lipinski definition) is 5. The Morgan fingerprint density at radius 3 is 2.22 bits per heavy atom. The van der Waals surface area contributed by atoms with Crippen molar-refractivity contribution in [2.45, 2.75) is 25.5 Å². The molecule has 2 heterocycles. The largest absolute Gasteiger partial charge is 0.508 e. The molecule has 1 aromatic heterocycles. The first kappa shape index (κ1) is 31.1. The topological polar surface area (TPSA) is 63.9 Å². The first-order valence-corrected chi connectivity index (χ1v) is 14.4. The number of benzene rings is 5. The number of phenols is 1. The standard InChI is InChI=1S/C38H27F2N2O3.Pt/c1-23-15-25-13-14-34(41-35(25)33(43)16-23)44-32-20-26(27-18-30(39)22-31(40)19-27)17-28(21-32)37-42-36(24-9-5-3-6-10-24)38(2,45-37)29-11-7-4-8-12-29;/h3-20,22,36,43H,1-2H3;/q-1;/t36-,38+;/m0./s1. The molecule has 0 fully saturated rings. The van der Waals surface area contributed by atoms with Crippen LogP contribution in [0.15, 0.2) is 120 Å². The Labute approximate surface area is 279 Å². The Balaban J connectivity index is 0.00000372. The van der Waals surface area contributed by atoms with Crippen molar-refractivity contribution in [2.24, 2.45) is 4.99 Å². The Morgan fingerprint density at radius 2 is 1.50 bits per heavy atom. The predicted molar refractivity (Wildman–Crippen MR) is 169 cm³/mol. The number of aromatic hydroxyl groups is 1. The summed E-state index contributed by atoms with van der Waals surface area (Å²) >= 11 is 0. The molecule has 1 aliphatic heterocycles. The molecule has 1 aliphatic rings. The number of hydrogen-bond donors (Lipinski definition) is 1. The molecule has 5 aromatic carbocycles. The van der Waals surface area contributed by atoms with Crippen LogP contribution in [0, 0.1) is 24.6 Å². The second kappa shape index (κ2) is 12.5. The molecule has 0 radical (unpaired) electrons. The van der Waals surface area contributed by atoms with E-state index in [4.69, 9.17) is 14.5 Å². The molecule has 1 N–H and O–H groups in total. The van der Waals surface area contributed by atoms with Crippen molar-refractivity contribution >= 4 is 16.8 Å². The van der Waals surface area contributed by atoms with Gasteiger partial charge in [0.2, 0.25) is 5.88 Å². The van der Waals surface area contributed by atoms with Crippen molar-refractivity contribution in [3.05, 3.63) is 155 Å². The van der Waals surface area contributed by atoms with Crippen LogP contribution in [-0.4, -0.2) is 16.0 Å². The van der Waals surface area contributed by atoms with E-state index >= 15 is 0 Å². The molecular weight excluding hydrogens is 766 g/mol. The van der Waals surface area contributed by atoms with Crippen LogP contribution >= 0.6 is 0 Å². The molecule has 46 heavy (non-hydrogen) atoms. The molecule has 5 nitrogen and oxygen atoms in total. The number of fused-ring (bicyclic) bond motifs is 1. The Morgan fingerprint density at radius 1 is 0.826 bits per heavy atom. The molecule has 0 amide bonds. The van der Waals surface area contributed by atoms with Crippen molar-refractivity contribution in [1.29, 1.82) is 0 Å². The molecule has 8 heteroatoms. The van der Waals surface area contributed by atoms with Crippen molar-refractivity contribution in [3.63, 3.8) is 0 Å². The van der Waals surface area contributed by atoms with E-state index in [1.807, 2.05) is 80.6 Å². The fourth-order valence-corrected chi connectivity index (χ4v) is 5.78. The molecule has 7 rings (SSSR count). The summed E-state index contributed by atoms with van der Waals surface area (Å²) in [5, 5.41) is 11.3. The van der Waals surface area contributed by atoms with Crippen LogP contribution < -0.4 is 4.74 Å². The molecule has 2 atom stereocenters. The second-order valence-corrected chi connectivity index (χ2v) is 11.2. The third-order valence-electron chi connectivity index (χ3n) is 7.92. The van der Waals surface area contributed by atoms with Gasteiger partial charge >= 0.3 is 0 Å². The minimum absolute atomic E-state index is 0. The van der Waals surface area contributed by atoms with Crippen LogP contribution in [0.5, 0.6) is 17.4 Å². The van der Waals surface area contributed by atoms with Crippen LogP contribution in [0.4, 0.5) is 8.78 Å². The molecular formula is C38H27F2N2O3Pt-.